The Labute approximate surface area is 181 Å². The first-order chi connectivity index (χ1) is 14.9. The Balaban J connectivity index is 1.48. The zero-order valence-electron chi connectivity index (χ0n) is 18.4. The number of furan rings is 3. The second-order valence-corrected chi connectivity index (χ2v) is 8.80. The van der Waals surface area contributed by atoms with Crippen molar-refractivity contribution in [3.63, 3.8) is 0 Å². The van der Waals surface area contributed by atoms with Crippen LogP contribution in [-0.2, 0) is 13.1 Å². The largest absolute Gasteiger partial charge is 0.467 e. The van der Waals surface area contributed by atoms with Crippen LogP contribution in [0.5, 0.6) is 0 Å². The van der Waals surface area contributed by atoms with Gasteiger partial charge in [-0.3, -0.25) is 4.79 Å². The van der Waals surface area contributed by atoms with Crippen LogP contribution in [-0.4, -0.2) is 10.8 Å². The van der Waals surface area contributed by atoms with Crippen LogP contribution in [0.3, 0.4) is 0 Å². The van der Waals surface area contributed by atoms with E-state index in [1.54, 1.807) is 11.2 Å². The Hall–Kier alpha value is -3.21. The van der Waals surface area contributed by atoms with E-state index in [1.165, 1.54) is 6.42 Å². The maximum absolute atomic E-state index is 13.6. The number of fused-ring (bicyclic) bond motifs is 1. The molecule has 0 radical (unpaired) electrons. The summed E-state index contributed by atoms with van der Waals surface area (Å²) >= 11 is 0. The molecule has 5 rings (SSSR count). The van der Waals surface area contributed by atoms with E-state index < -0.39 is 0 Å². The number of carbonyl (C=O) groups is 1. The summed E-state index contributed by atoms with van der Waals surface area (Å²) in [5.74, 6) is 3.89. The third kappa shape index (κ3) is 3.58. The Morgan fingerprint density at radius 1 is 1.00 bits per heavy atom. The molecule has 1 amide bonds. The lowest BCUT2D eigenvalue weighted by Crippen LogP contribution is -2.30. The minimum Gasteiger partial charge on any atom is -0.467 e. The highest BCUT2D eigenvalue weighted by Crippen LogP contribution is 2.47. The molecule has 4 aromatic rings. The summed E-state index contributed by atoms with van der Waals surface area (Å²) in [5.41, 5.74) is 3.85. The maximum atomic E-state index is 13.6. The number of hydrogen-bond acceptors (Lipinski definition) is 4. The van der Waals surface area contributed by atoms with Crippen LogP contribution in [0.15, 0.2) is 55.9 Å². The minimum atomic E-state index is -0.167. The van der Waals surface area contributed by atoms with E-state index in [-0.39, 0.29) is 5.91 Å². The molecule has 31 heavy (non-hydrogen) atoms. The van der Waals surface area contributed by atoms with Crippen LogP contribution >= 0.6 is 0 Å². The molecule has 3 heterocycles. The number of amides is 1. The highest BCUT2D eigenvalue weighted by Gasteiger charge is 2.36. The lowest BCUT2D eigenvalue weighted by molar-refractivity contribution is 0.0673. The smallest absolute Gasteiger partial charge is 0.290 e. The van der Waals surface area contributed by atoms with Crippen LogP contribution in [0.2, 0.25) is 0 Å². The van der Waals surface area contributed by atoms with Gasteiger partial charge >= 0.3 is 0 Å². The quantitative estimate of drug-likeness (QED) is 0.359. The van der Waals surface area contributed by atoms with E-state index >= 15 is 0 Å². The van der Waals surface area contributed by atoms with Gasteiger partial charge in [0.2, 0.25) is 0 Å². The molecule has 1 aliphatic rings. The Morgan fingerprint density at radius 3 is 2.48 bits per heavy atom. The summed E-state index contributed by atoms with van der Waals surface area (Å²) in [6.45, 7) is 8.95. The Kier molecular flexibility index (Phi) is 4.77. The highest BCUT2D eigenvalue weighted by atomic mass is 16.4. The predicted octanol–water partition coefficient (Wildman–Crippen LogP) is 6.51. The fourth-order valence-corrected chi connectivity index (χ4v) is 4.24. The van der Waals surface area contributed by atoms with Crippen molar-refractivity contribution in [2.24, 2.45) is 5.92 Å². The molecule has 1 saturated carbocycles. The van der Waals surface area contributed by atoms with Gasteiger partial charge in [-0.05, 0) is 68.5 Å². The number of aryl methyl sites for hydroxylation is 3. The summed E-state index contributed by atoms with van der Waals surface area (Å²) in [7, 11) is 0. The topological polar surface area (TPSA) is 59.7 Å². The molecule has 1 aromatic carbocycles. The second-order valence-electron chi connectivity index (χ2n) is 8.80. The van der Waals surface area contributed by atoms with E-state index in [2.05, 4.69) is 13.0 Å². The lowest BCUT2D eigenvalue weighted by atomic mass is 10.0. The predicted molar refractivity (Wildman–Crippen MR) is 118 cm³/mol. The number of hydrogen-bond donors (Lipinski definition) is 0. The van der Waals surface area contributed by atoms with Gasteiger partial charge in [0.25, 0.3) is 5.91 Å². The molecule has 1 aliphatic carbocycles. The molecular formula is C26H27NO4. The monoisotopic (exact) mass is 417 g/mol. The van der Waals surface area contributed by atoms with Gasteiger partial charge in [-0.1, -0.05) is 19.1 Å². The van der Waals surface area contributed by atoms with Crippen molar-refractivity contribution in [2.75, 3.05) is 0 Å². The molecular weight excluding hydrogens is 390 g/mol. The fraction of sp³-hybridized carbons (Fsp3) is 0.346. The standard InChI is InChI=1S/C26H27NO4/c1-15-7-9-21-18(4)25(31-24(21)17(15)3)26(28)27(13-19-6-5-11-29-19)14-20-8-10-23(30-20)22-12-16(22)2/h5-11,16,22H,12-14H2,1-4H3. The van der Waals surface area contributed by atoms with Crippen molar-refractivity contribution in [3.8, 4) is 0 Å². The summed E-state index contributed by atoms with van der Waals surface area (Å²) in [6.07, 6.45) is 2.79. The van der Waals surface area contributed by atoms with Gasteiger partial charge in [0.15, 0.2) is 5.76 Å². The molecule has 2 atom stereocenters. The van der Waals surface area contributed by atoms with E-state index in [4.69, 9.17) is 13.3 Å². The Bertz CT molecular complexity index is 1240. The molecule has 0 N–H and O–H groups in total. The average Bonchev–Trinajstić information content (AvgIpc) is 3.16. The zero-order chi connectivity index (χ0) is 21.7. The molecule has 0 saturated heterocycles. The van der Waals surface area contributed by atoms with Crippen molar-refractivity contribution in [1.82, 2.24) is 4.90 Å². The van der Waals surface area contributed by atoms with Gasteiger partial charge in [0.1, 0.15) is 22.9 Å². The van der Waals surface area contributed by atoms with Crippen LogP contribution < -0.4 is 0 Å². The number of benzene rings is 1. The highest BCUT2D eigenvalue weighted by molar-refractivity contribution is 5.99. The number of nitrogens with zero attached hydrogens (tertiary/aromatic N) is 1. The minimum absolute atomic E-state index is 0.167. The third-order valence-corrected chi connectivity index (χ3v) is 6.54. The van der Waals surface area contributed by atoms with Gasteiger partial charge in [0.05, 0.1) is 19.4 Å². The van der Waals surface area contributed by atoms with E-state index in [1.807, 2.05) is 51.1 Å². The number of rotatable bonds is 6. The molecule has 160 valence electrons. The normalized spacial score (nSPS) is 17.9. The molecule has 0 spiro atoms. The lowest BCUT2D eigenvalue weighted by Gasteiger charge is -2.20. The van der Waals surface area contributed by atoms with Crippen LogP contribution in [0.4, 0.5) is 0 Å². The van der Waals surface area contributed by atoms with Gasteiger partial charge in [-0.2, -0.15) is 0 Å². The first-order valence-electron chi connectivity index (χ1n) is 10.8. The average molecular weight is 418 g/mol. The van der Waals surface area contributed by atoms with Gasteiger partial charge in [0, 0.05) is 16.9 Å². The molecule has 5 nitrogen and oxygen atoms in total. The van der Waals surface area contributed by atoms with Gasteiger partial charge in [-0.15, -0.1) is 0 Å². The van der Waals surface area contributed by atoms with E-state index in [9.17, 15) is 4.79 Å². The van der Waals surface area contributed by atoms with Crippen molar-refractivity contribution in [2.45, 2.75) is 53.1 Å². The summed E-state index contributed by atoms with van der Waals surface area (Å²) in [5, 5.41) is 0.979. The van der Waals surface area contributed by atoms with E-state index in [0.717, 1.165) is 44.9 Å². The molecule has 2 unspecified atom stereocenters. The third-order valence-electron chi connectivity index (χ3n) is 6.54. The van der Waals surface area contributed by atoms with Crippen molar-refractivity contribution < 1.29 is 18.0 Å². The molecule has 0 bridgehead atoms. The van der Waals surface area contributed by atoms with Crippen molar-refractivity contribution in [3.05, 3.63) is 82.4 Å². The van der Waals surface area contributed by atoms with Crippen LogP contribution in [0, 0.1) is 26.7 Å². The van der Waals surface area contributed by atoms with Gasteiger partial charge < -0.3 is 18.2 Å². The summed E-state index contributed by atoms with van der Waals surface area (Å²) < 4.78 is 17.7. The van der Waals surface area contributed by atoms with Crippen LogP contribution in [0.1, 0.15) is 63.8 Å². The molecule has 5 heteroatoms. The second kappa shape index (κ2) is 7.49. The first kappa shape index (κ1) is 19.7. The van der Waals surface area contributed by atoms with Crippen LogP contribution in [0.25, 0.3) is 11.0 Å². The first-order valence-corrected chi connectivity index (χ1v) is 10.8. The van der Waals surface area contributed by atoms with Gasteiger partial charge in [-0.25, -0.2) is 0 Å². The molecule has 3 aromatic heterocycles. The van der Waals surface area contributed by atoms with E-state index in [0.29, 0.717) is 30.7 Å². The zero-order valence-corrected chi connectivity index (χ0v) is 18.4. The maximum Gasteiger partial charge on any atom is 0.290 e. The number of carbonyl (C=O) groups excluding carboxylic acids is 1. The summed E-state index contributed by atoms with van der Waals surface area (Å²) in [4.78, 5) is 15.3. The van der Waals surface area contributed by atoms with Crippen molar-refractivity contribution >= 4 is 16.9 Å². The Morgan fingerprint density at radius 2 is 1.77 bits per heavy atom. The molecule has 0 aliphatic heterocycles. The van der Waals surface area contributed by atoms with Crippen molar-refractivity contribution in [1.29, 1.82) is 0 Å². The SMILES string of the molecule is Cc1ccc2c(C)c(C(=O)N(Cc3ccco3)Cc3ccc(C4CC4C)o3)oc2c1C. The fourth-order valence-electron chi connectivity index (χ4n) is 4.24. The summed E-state index contributed by atoms with van der Waals surface area (Å²) in [6, 6.07) is 11.8. The molecule has 1 fully saturated rings.